The van der Waals surface area contributed by atoms with Crippen LogP contribution < -0.4 is 11.1 Å². The van der Waals surface area contributed by atoms with Crippen LogP contribution in [0, 0.1) is 13.8 Å². The Labute approximate surface area is 95.3 Å². The summed E-state index contributed by atoms with van der Waals surface area (Å²) in [4.78, 5) is 4.21. The second-order valence-electron chi connectivity index (χ2n) is 3.89. The lowest BCUT2D eigenvalue weighted by atomic mass is 10.1. The molecule has 3 nitrogen and oxygen atoms in total. The van der Waals surface area contributed by atoms with Gasteiger partial charge in [-0.3, -0.25) is 0 Å². The van der Waals surface area contributed by atoms with Gasteiger partial charge in [0.25, 0.3) is 0 Å². The minimum absolute atomic E-state index is 0.523. The summed E-state index contributed by atoms with van der Waals surface area (Å²) in [7, 11) is 0. The standard InChI is InChI=1S/C13H15N3/c1-9-6-7-10(2)11(8-9)15-13-5-3-4-12(14)16-13/h3-8H,1-2H3,(H3,14,15,16). The van der Waals surface area contributed by atoms with Crippen LogP contribution >= 0.6 is 0 Å². The molecule has 1 aromatic heterocycles. The molecule has 16 heavy (non-hydrogen) atoms. The van der Waals surface area contributed by atoms with E-state index in [-0.39, 0.29) is 0 Å². The van der Waals surface area contributed by atoms with E-state index >= 15 is 0 Å². The van der Waals surface area contributed by atoms with Gasteiger partial charge < -0.3 is 11.1 Å². The topological polar surface area (TPSA) is 50.9 Å². The zero-order valence-corrected chi connectivity index (χ0v) is 9.49. The number of rotatable bonds is 2. The maximum atomic E-state index is 5.63. The Bertz CT molecular complexity index is 506. The van der Waals surface area contributed by atoms with Crippen LogP contribution in [0.25, 0.3) is 0 Å². The van der Waals surface area contributed by atoms with E-state index in [2.05, 4.69) is 42.3 Å². The summed E-state index contributed by atoms with van der Waals surface area (Å²) in [5, 5.41) is 3.26. The molecule has 2 aromatic rings. The van der Waals surface area contributed by atoms with Crippen LogP contribution in [0.5, 0.6) is 0 Å². The highest BCUT2D eigenvalue weighted by molar-refractivity contribution is 5.62. The lowest BCUT2D eigenvalue weighted by Crippen LogP contribution is -1.98. The third kappa shape index (κ3) is 2.31. The van der Waals surface area contributed by atoms with Gasteiger partial charge in [-0.25, -0.2) is 4.98 Å². The van der Waals surface area contributed by atoms with E-state index in [1.54, 1.807) is 6.07 Å². The molecule has 0 unspecified atom stereocenters. The average Bonchev–Trinajstić information content (AvgIpc) is 2.24. The van der Waals surface area contributed by atoms with Gasteiger partial charge in [0.15, 0.2) is 0 Å². The summed E-state index contributed by atoms with van der Waals surface area (Å²) in [6, 6.07) is 11.8. The molecule has 0 saturated heterocycles. The average molecular weight is 213 g/mol. The first-order chi connectivity index (χ1) is 7.65. The molecule has 0 fully saturated rings. The number of aromatic nitrogens is 1. The molecule has 2 rings (SSSR count). The number of anilines is 3. The second-order valence-corrected chi connectivity index (χ2v) is 3.89. The summed E-state index contributed by atoms with van der Waals surface area (Å²) < 4.78 is 0. The van der Waals surface area contributed by atoms with Crippen molar-refractivity contribution in [1.29, 1.82) is 0 Å². The quantitative estimate of drug-likeness (QED) is 0.806. The number of nitrogens with one attached hydrogen (secondary N) is 1. The second kappa shape index (κ2) is 4.23. The molecule has 1 aromatic carbocycles. The number of aryl methyl sites for hydroxylation is 2. The SMILES string of the molecule is Cc1ccc(C)c(Nc2cccc(N)n2)c1. The minimum atomic E-state index is 0.523. The highest BCUT2D eigenvalue weighted by Gasteiger charge is 2.00. The van der Waals surface area contributed by atoms with Crippen LogP contribution in [0.1, 0.15) is 11.1 Å². The van der Waals surface area contributed by atoms with Crippen LogP contribution in [0.4, 0.5) is 17.3 Å². The molecule has 0 bridgehead atoms. The molecule has 3 N–H and O–H groups in total. The first-order valence-corrected chi connectivity index (χ1v) is 5.22. The molecule has 0 amide bonds. The number of pyridine rings is 1. The van der Waals surface area contributed by atoms with Gasteiger partial charge >= 0.3 is 0 Å². The summed E-state index contributed by atoms with van der Waals surface area (Å²) in [6.45, 7) is 4.13. The van der Waals surface area contributed by atoms with E-state index < -0.39 is 0 Å². The van der Waals surface area contributed by atoms with Gasteiger partial charge in [0.05, 0.1) is 0 Å². The van der Waals surface area contributed by atoms with Crippen molar-refractivity contribution >= 4 is 17.3 Å². The Morgan fingerprint density at radius 2 is 1.94 bits per heavy atom. The number of nitrogen functional groups attached to an aromatic ring is 1. The highest BCUT2D eigenvalue weighted by Crippen LogP contribution is 2.20. The third-order valence-corrected chi connectivity index (χ3v) is 2.43. The van der Waals surface area contributed by atoms with E-state index in [9.17, 15) is 0 Å². The molecule has 0 aliphatic rings. The van der Waals surface area contributed by atoms with Crippen molar-refractivity contribution in [3.05, 3.63) is 47.5 Å². The molecule has 0 saturated carbocycles. The van der Waals surface area contributed by atoms with Crippen LogP contribution in [0.15, 0.2) is 36.4 Å². The molecular formula is C13H15N3. The zero-order chi connectivity index (χ0) is 11.5. The minimum Gasteiger partial charge on any atom is -0.384 e. The summed E-state index contributed by atoms with van der Waals surface area (Å²) in [5.74, 6) is 1.30. The molecular weight excluding hydrogens is 198 g/mol. The van der Waals surface area contributed by atoms with Crippen molar-refractivity contribution in [1.82, 2.24) is 4.98 Å². The van der Waals surface area contributed by atoms with Gasteiger partial charge in [-0.1, -0.05) is 18.2 Å². The van der Waals surface area contributed by atoms with E-state index in [1.807, 2.05) is 12.1 Å². The predicted molar refractivity (Wildman–Crippen MR) is 67.8 cm³/mol. The Hall–Kier alpha value is -2.03. The number of hydrogen-bond acceptors (Lipinski definition) is 3. The first-order valence-electron chi connectivity index (χ1n) is 5.22. The summed E-state index contributed by atoms with van der Waals surface area (Å²) >= 11 is 0. The third-order valence-electron chi connectivity index (χ3n) is 2.43. The van der Waals surface area contributed by atoms with Crippen molar-refractivity contribution in [3.8, 4) is 0 Å². The molecule has 0 radical (unpaired) electrons. The smallest absolute Gasteiger partial charge is 0.132 e. The van der Waals surface area contributed by atoms with Crippen molar-refractivity contribution in [3.63, 3.8) is 0 Å². The highest BCUT2D eigenvalue weighted by atomic mass is 15.0. The fourth-order valence-corrected chi connectivity index (χ4v) is 1.53. The predicted octanol–water partition coefficient (Wildman–Crippen LogP) is 3.02. The number of benzene rings is 1. The molecule has 3 heteroatoms. The van der Waals surface area contributed by atoms with Crippen molar-refractivity contribution in [2.24, 2.45) is 0 Å². The summed E-state index contributed by atoms with van der Waals surface area (Å²) in [6.07, 6.45) is 0. The fraction of sp³-hybridized carbons (Fsp3) is 0.154. The molecule has 0 atom stereocenters. The van der Waals surface area contributed by atoms with Crippen LogP contribution in [0.3, 0.4) is 0 Å². The largest absolute Gasteiger partial charge is 0.384 e. The van der Waals surface area contributed by atoms with Crippen molar-refractivity contribution < 1.29 is 0 Å². The van der Waals surface area contributed by atoms with E-state index in [4.69, 9.17) is 5.73 Å². The molecule has 82 valence electrons. The Kier molecular flexibility index (Phi) is 2.77. The number of nitrogens with two attached hydrogens (primary N) is 1. The van der Waals surface area contributed by atoms with Crippen LogP contribution in [-0.2, 0) is 0 Å². The van der Waals surface area contributed by atoms with Gasteiger partial charge in [-0.05, 0) is 43.2 Å². The van der Waals surface area contributed by atoms with Gasteiger partial charge in [-0.2, -0.15) is 0 Å². The number of hydrogen-bond donors (Lipinski definition) is 2. The summed E-state index contributed by atoms with van der Waals surface area (Å²) in [5.41, 5.74) is 9.11. The lowest BCUT2D eigenvalue weighted by Gasteiger charge is -2.09. The van der Waals surface area contributed by atoms with E-state index in [0.29, 0.717) is 5.82 Å². The number of nitrogens with zero attached hydrogens (tertiary/aromatic N) is 1. The van der Waals surface area contributed by atoms with Crippen LogP contribution in [-0.4, -0.2) is 4.98 Å². The molecule has 0 aliphatic heterocycles. The monoisotopic (exact) mass is 213 g/mol. The Balaban J connectivity index is 2.30. The van der Waals surface area contributed by atoms with Gasteiger partial charge in [0.1, 0.15) is 11.6 Å². The molecule has 0 aliphatic carbocycles. The normalized spacial score (nSPS) is 10.1. The van der Waals surface area contributed by atoms with Crippen molar-refractivity contribution in [2.75, 3.05) is 11.1 Å². The van der Waals surface area contributed by atoms with E-state index in [1.165, 1.54) is 11.1 Å². The lowest BCUT2D eigenvalue weighted by molar-refractivity contribution is 1.29. The van der Waals surface area contributed by atoms with Crippen LogP contribution in [0.2, 0.25) is 0 Å². The Morgan fingerprint density at radius 1 is 1.12 bits per heavy atom. The first kappa shape index (κ1) is 10.5. The maximum Gasteiger partial charge on any atom is 0.132 e. The molecule has 1 heterocycles. The molecule has 0 spiro atoms. The maximum absolute atomic E-state index is 5.63. The Morgan fingerprint density at radius 3 is 2.69 bits per heavy atom. The van der Waals surface area contributed by atoms with Crippen molar-refractivity contribution in [2.45, 2.75) is 13.8 Å². The van der Waals surface area contributed by atoms with Gasteiger partial charge in [0, 0.05) is 5.69 Å². The van der Waals surface area contributed by atoms with Gasteiger partial charge in [-0.15, -0.1) is 0 Å². The fourth-order valence-electron chi connectivity index (χ4n) is 1.53. The van der Waals surface area contributed by atoms with E-state index in [0.717, 1.165) is 11.5 Å². The van der Waals surface area contributed by atoms with Gasteiger partial charge in [0.2, 0.25) is 0 Å². The zero-order valence-electron chi connectivity index (χ0n) is 9.49.